The highest BCUT2D eigenvalue weighted by Gasteiger charge is 2.46. The Labute approximate surface area is 116 Å². The quantitative estimate of drug-likeness (QED) is 0.493. The molecule has 20 heavy (non-hydrogen) atoms. The lowest BCUT2D eigenvalue weighted by atomic mass is 9.89. The summed E-state index contributed by atoms with van der Waals surface area (Å²) in [5, 5.41) is 4.68. The van der Waals surface area contributed by atoms with E-state index < -0.39 is 23.3 Å². The van der Waals surface area contributed by atoms with Gasteiger partial charge in [0, 0.05) is 26.6 Å². The molecular weight excluding hydrogens is 266 g/mol. The van der Waals surface area contributed by atoms with Gasteiger partial charge >= 0.3 is 6.03 Å². The standard InChI is InChI=1S/C12H19N3O5/c1-12(2)9(17)14-11(19)15(10(12)18)6-4-8(16)13-5-7-20-3/h4-7H2,1-3H3,(H,13,16)(H,14,17,19). The summed E-state index contributed by atoms with van der Waals surface area (Å²) in [6, 6.07) is -0.788. The fraction of sp³-hybridized carbons (Fsp3) is 0.667. The largest absolute Gasteiger partial charge is 0.383 e. The van der Waals surface area contributed by atoms with Crippen LogP contribution >= 0.6 is 0 Å². The predicted octanol–water partition coefficient (Wildman–Crippen LogP) is -0.756. The molecule has 1 heterocycles. The normalized spacial score (nSPS) is 17.9. The van der Waals surface area contributed by atoms with E-state index in [2.05, 4.69) is 10.6 Å². The van der Waals surface area contributed by atoms with Crippen molar-refractivity contribution in [2.75, 3.05) is 26.8 Å². The van der Waals surface area contributed by atoms with Crippen molar-refractivity contribution >= 4 is 23.8 Å². The van der Waals surface area contributed by atoms with Crippen LogP contribution in [0.1, 0.15) is 20.3 Å². The molecule has 0 aromatic heterocycles. The van der Waals surface area contributed by atoms with Crippen molar-refractivity contribution in [3.05, 3.63) is 0 Å². The summed E-state index contributed by atoms with van der Waals surface area (Å²) in [5.74, 6) is -1.53. The summed E-state index contributed by atoms with van der Waals surface area (Å²) in [5.41, 5.74) is -1.31. The number of urea groups is 1. The van der Waals surface area contributed by atoms with Gasteiger partial charge < -0.3 is 10.1 Å². The Kier molecular flexibility index (Phi) is 5.20. The van der Waals surface area contributed by atoms with Gasteiger partial charge in [0.2, 0.25) is 17.7 Å². The number of amides is 5. The van der Waals surface area contributed by atoms with Gasteiger partial charge in [0.25, 0.3) is 0 Å². The molecule has 8 nitrogen and oxygen atoms in total. The minimum absolute atomic E-state index is 0.0207. The topological polar surface area (TPSA) is 105 Å². The van der Waals surface area contributed by atoms with Crippen molar-refractivity contribution in [2.45, 2.75) is 20.3 Å². The number of hydrogen-bond acceptors (Lipinski definition) is 5. The molecule has 0 bridgehead atoms. The van der Waals surface area contributed by atoms with Gasteiger partial charge in [0.05, 0.1) is 6.61 Å². The molecule has 0 aliphatic carbocycles. The number of nitrogens with one attached hydrogen (secondary N) is 2. The van der Waals surface area contributed by atoms with Crippen molar-refractivity contribution in [1.82, 2.24) is 15.5 Å². The molecule has 1 fully saturated rings. The third kappa shape index (κ3) is 3.53. The smallest absolute Gasteiger partial charge is 0.330 e. The Bertz CT molecular complexity index is 433. The van der Waals surface area contributed by atoms with Gasteiger partial charge in [-0.15, -0.1) is 0 Å². The van der Waals surface area contributed by atoms with Gasteiger partial charge in [0.15, 0.2) is 0 Å². The number of rotatable bonds is 6. The van der Waals surface area contributed by atoms with E-state index in [1.165, 1.54) is 21.0 Å². The molecule has 0 aromatic rings. The van der Waals surface area contributed by atoms with Crippen LogP contribution in [-0.4, -0.2) is 55.5 Å². The van der Waals surface area contributed by atoms with Crippen molar-refractivity contribution in [1.29, 1.82) is 0 Å². The lowest BCUT2D eigenvalue weighted by molar-refractivity contribution is -0.149. The fourth-order valence-electron chi connectivity index (χ4n) is 1.64. The third-order valence-corrected chi connectivity index (χ3v) is 3.00. The molecule has 5 amide bonds. The van der Waals surface area contributed by atoms with Gasteiger partial charge in [-0.1, -0.05) is 0 Å². The summed E-state index contributed by atoms with van der Waals surface area (Å²) in [6.45, 7) is 3.54. The second-order valence-corrected chi connectivity index (χ2v) is 4.93. The SMILES string of the molecule is COCCNC(=O)CCN1C(=O)NC(=O)C(C)(C)C1=O. The lowest BCUT2D eigenvalue weighted by Crippen LogP contribution is -2.62. The maximum Gasteiger partial charge on any atom is 0.330 e. The van der Waals surface area contributed by atoms with Gasteiger partial charge in [0.1, 0.15) is 5.41 Å². The highest BCUT2D eigenvalue weighted by molar-refractivity contribution is 6.18. The second kappa shape index (κ2) is 6.47. The van der Waals surface area contributed by atoms with E-state index in [4.69, 9.17) is 4.74 Å². The second-order valence-electron chi connectivity index (χ2n) is 4.93. The summed E-state index contributed by atoms with van der Waals surface area (Å²) < 4.78 is 4.78. The van der Waals surface area contributed by atoms with E-state index in [1.807, 2.05) is 0 Å². The molecule has 1 aliphatic heterocycles. The van der Waals surface area contributed by atoms with Crippen molar-refractivity contribution < 1.29 is 23.9 Å². The van der Waals surface area contributed by atoms with E-state index in [1.54, 1.807) is 0 Å². The number of ether oxygens (including phenoxy) is 1. The molecular formula is C12H19N3O5. The number of carbonyl (C=O) groups excluding carboxylic acids is 4. The Morgan fingerprint density at radius 2 is 2.00 bits per heavy atom. The van der Waals surface area contributed by atoms with Crippen LogP contribution < -0.4 is 10.6 Å². The first-order valence-electron chi connectivity index (χ1n) is 6.23. The first-order chi connectivity index (χ1) is 9.30. The highest BCUT2D eigenvalue weighted by Crippen LogP contribution is 2.23. The van der Waals surface area contributed by atoms with Gasteiger partial charge in [-0.05, 0) is 13.8 Å². The van der Waals surface area contributed by atoms with E-state index in [-0.39, 0.29) is 18.9 Å². The molecule has 1 aliphatic rings. The van der Waals surface area contributed by atoms with Gasteiger partial charge in [-0.25, -0.2) is 4.79 Å². The first-order valence-corrected chi connectivity index (χ1v) is 6.23. The van der Waals surface area contributed by atoms with Crippen LogP contribution in [-0.2, 0) is 19.1 Å². The summed E-state index contributed by atoms with van der Waals surface area (Å²) in [7, 11) is 1.52. The maximum atomic E-state index is 12.0. The predicted molar refractivity (Wildman–Crippen MR) is 68.5 cm³/mol. The molecule has 1 rings (SSSR count). The van der Waals surface area contributed by atoms with Crippen LogP contribution in [0.25, 0.3) is 0 Å². The van der Waals surface area contributed by atoms with E-state index in [0.29, 0.717) is 13.2 Å². The van der Waals surface area contributed by atoms with Crippen molar-refractivity contribution in [3.8, 4) is 0 Å². The first kappa shape index (κ1) is 16.1. The van der Waals surface area contributed by atoms with Crippen LogP contribution in [0.5, 0.6) is 0 Å². The van der Waals surface area contributed by atoms with Gasteiger partial charge in [-0.3, -0.25) is 24.6 Å². The number of carbonyl (C=O) groups is 4. The molecule has 0 atom stereocenters. The van der Waals surface area contributed by atoms with Gasteiger partial charge in [-0.2, -0.15) is 0 Å². The number of imide groups is 2. The molecule has 2 N–H and O–H groups in total. The Morgan fingerprint density at radius 1 is 1.35 bits per heavy atom. The van der Waals surface area contributed by atoms with E-state index in [0.717, 1.165) is 4.90 Å². The summed E-state index contributed by atoms with van der Waals surface area (Å²) >= 11 is 0. The minimum Gasteiger partial charge on any atom is -0.383 e. The fourth-order valence-corrected chi connectivity index (χ4v) is 1.64. The van der Waals surface area contributed by atoms with Crippen LogP contribution in [0.3, 0.4) is 0 Å². The van der Waals surface area contributed by atoms with Crippen molar-refractivity contribution in [2.24, 2.45) is 5.41 Å². The van der Waals surface area contributed by atoms with Crippen molar-refractivity contribution in [3.63, 3.8) is 0 Å². The molecule has 0 spiro atoms. The molecule has 0 saturated carbocycles. The zero-order valence-electron chi connectivity index (χ0n) is 11.8. The lowest BCUT2D eigenvalue weighted by Gasteiger charge is -2.34. The Balaban J connectivity index is 2.54. The summed E-state index contributed by atoms with van der Waals surface area (Å²) in [4.78, 5) is 47.5. The number of barbiturate groups is 1. The molecule has 0 radical (unpaired) electrons. The minimum atomic E-state index is -1.31. The molecule has 112 valence electrons. The van der Waals surface area contributed by atoms with Crippen LogP contribution in [0, 0.1) is 5.41 Å². The number of methoxy groups -OCH3 is 1. The summed E-state index contributed by atoms with van der Waals surface area (Å²) in [6.07, 6.45) is -0.0207. The number of hydrogen-bond donors (Lipinski definition) is 2. The monoisotopic (exact) mass is 285 g/mol. The zero-order valence-corrected chi connectivity index (χ0v) is 11.8. The zero-order chi connectivity index (χ0) is 15.3. The number of nitrogens with zero attached hydrogens (tertiary/aromatic N) is 1. The Morgan fingerprint density at radius 3 is 2.60 bits per heavy atom. The van der Waals surface area contributed by atoms with Crippen LogP contribution in [0.15, 0.2) is 0 Å². The van der Waals surface area contributed by atoms with E-state index in [9.17, 15) is 19.2 Å². The molecule has 0 aromatic carbocycles. The maximum absolute atomic E-state index is 12.0. The Hall–Kier alpha value is -1.96. The molecule has 0 unspecified atom stereocenters. The third-order valence-electron chi connectivity index (χ3n) is 3.00. The molecule has 8 heteroatoms. The average Bonchev–Trinajstić information content (AvgIpc) is 2.37. The average molecular weight is 285 g/mol. The molecule has 1 saturated heterocycles. The van der Waals surface area contributed by atoms with Crippen LogP contribution in [0.4, 0.5) is 4.79 Å². The van der Waals surface area contributed by atoms with E-state index >= 15 is 0 Å². The van der Waals surface area contributed by atoms with Crippen LogP contribution in [0.2, 0.25) is 0 Å². The highest BCUT2D eigenvalue weighted by atomic mass is 16.5.